The van der Waals surface area contributed by atoms with Crippen LogP contribution in [0.25, 0.3) is 11.0 Å². The van der Waals surface area contributed by atoms with Crippen LogP contribution < -0.4 is 14.9 Å². The quantitative estimate of drug-likeness (QED) is 0.407. The molecule has 1 aliphatic heterocycles. The third-order valence-corrected chi connectivity index (χ3v) is 6.45. The lowest BCUT2D eigenvalue weighted by atomic mass is 9.97. The molecule has 5 rings (SSSR count). The van der Waals surface area contributed by atoms with Crippen LogP contribution in [0.15, 0.2) is 64.1 Å². The van der Waals surface area contributed by atoms with Crippen molar-refractivity contribution in [1.82, 2.24) is 9.88 Å². The molecule has 1 unspecified atom stereocenters. The van der Waals surface area contributed by atoms with Crippen molar-refractivity contribution in [1.29, 1.82) is 0 Å². The first-order valence-corrected chi connectivity index (χ1v) is 11.0. The first-order valence-electron chi connectivity index (χ1n) is 10.6. The average molecular weight is 477 g/mol. The Morgan fingerprint density at radius 2 is 1.88 bits per heavy atom. The van der Waals surface area contributed by atoms with Crippen LogP contribution >= 0.6 is 11.6 Å². The Kier molecular flexibility index (Phi) is 5.49. The van der Waals surface area contributed by atoms with E-state index < -0.39 is 6.04 Å². The minimum absolute atomic E-state index is 0.0305. The topological polar surface area (TPSA) is 81.9 Å². The number of aryl methyl sites for hydroxylation is 1. The first kappa shape index (κ1) is 22.0. The zero-order valence-electron chi connectivity index (χ0n) is 18.8. The lowest BCUT2D eigenvalue weighted by molar-refractivity contribution is 0.0714. The van der Waals surface area contributed by atoms with Gasteiger partial charge in [0.1, 0.15) is 5.58 Å². The molecule has 2 aromatic heterocycles. The third-order valence-electron chi connectivity index (χ3n) is 6.05. The second-order valence-electron chi connectivity index (χ2n) is 8.08. The molecule has 0 bridgehead atoms. The van der Waals surface area contributed by atoms with Gasteiger partial charge in [-0.15, -0.1) is 0 Å². The number of carbonyl (C=O) groups is 1. The Morgan fingerprint density at radius 3 is 2.59 bits per heavy atom. The molecule has 34 heavy (non-hydrogen) atoms. The van der Waals surface area contributed by atoms with Gasteiger partial charge in [0, 0.05) is 24.0 Å². The summed E-state index contributed by atoms with van der Waals surface area (Å²) in [6.45, 7) is 2.06. The van der Waals surface area contributed by atoms with E-state index in [0.29, 0.717) is 33.1 Å². The van der Waals surface area contributed by atoms with Crippen LogP contribution in [-0.2, 0) is 6.54 Å². The van der Waals surface area contributed by atoms with E-state index in [1.807, 2.05) is 19.1 Å². The zero-order chi connectivity index (χ0) is 24.0. The summed E-state index contributed by atoms with van der Waals surface area (Å²) in [5.74, 6) is 0.696. The molecule has 0 aliphatic carbocycles. The number of ether oxygens (including phenoxy) is 2. The summed E-state index contributed by atoms with van der Waals surface area (Å²) in [4.78, 5) is 33.1. The van der Waals surface area contributed by atoms with Crippen LogP contribution in [0, 0.1) is 6.92 Å². The van der Waals surface area contributed by atoms with E-state index in [4.69, 9.17) is 25.5 Å². The highest BCUT2D eigenvalue weighted by atomic mass is 35.5. The van der Waals surface area contributed by atoms with Gasteiger partial charge in [-0.25, -0.2) is 0 Å². The number of benzene rings is 2. The largest absolute Gasteiger partial charge is 0.493 e. The Morgan fingerprint density at radius 1 is 1.09 bits per heavy atom. The first-order chi connectivity index (χ1) is 16.4. The SMILES string of the molecule is COc1ccc(C2c3c(oc4cc(C)c(Cl)cc4c3=O)C(=O)N2Cc2cccnc2)cc1OC. The second-order valence-corrected chi connectivity index (χ2v) is 8.49. The summed E-state index contributed by atoms with van der Waals surface area (Å²) in [5, 5.41) is 0.787. The Labute approximate surface area is 200 Å². The van der Waals surface area contributed by atoms with Gasteiger partial charge in [0.05, 0.1) is 31.2 Å². The highest BCUT2D eigenvalue weighted by Crippen LogP contribution is 2.42. The number of rotatable bonds is 5. The molecule has 4 aromatic rings. The highest BCUT2D eigenvalue weighted by Gasteiger charge is 2.43. The second kappa shape index (κ2) is 8.50. The monoisotopic (exact) mass is 476 g/mol. The fourth-order valence-corrected chi connectivity index (χ4v) is 4.53. The van der Waals surface area contributed by atoms with Crippen molar-refractivity contribution in [2.24, 2.45) is 0 Å². The van der Waals surface area contributed by atoms with Gasteiger partial charge in [-0.3, -0.25) is 14.6 Å². The highest BCUT2D eigenvalue weighted by molar-refractivity contribution is 6.32. The number of hydrogen-bond acceptors (Lipinski definition) is 6. The van der Waals surface area contributed by atoms with Gasteiger partial charge in [-0.1, -0.05) is 23.7 Å². The number of fused-ring (bicyclic) bond motifs is 2. The van der Waals surface area contributed by atoms with Gasteiger partial charge < -0.3 is 18.8 Å². The maximum Gasteiger partial charge on any atom is 0.291 e. The van der Waals surface area contributed by atoms with Crippen LogP contribution in [0.3, 0.4) is 0 Å². The molecule has 1 amide bonds. The Hall–Kier alpha value is -3.84. The number of halogens is 1. The standard InChI is InChI=1S/C26H21ClN2O5/c1-14-9-20-17(11-18(14)27)24(30)22-23(16-6-7-19(32-2)21(10-16)33-3)29(26(31)25(22)34-20)13-15-5-4-8-28-12-15/h4-12,23H,13H2,1-3H3. The van der Waals surface area contributed by atoms with Gasteiger partial charge in [-0.05, 0) is 53.9 Å². The van der Waals surface area contributed by atoms with Gasteiger partial charge >= 0.3 is 0 Å². The van der Waals surface area contributed by atoms with Crippen LogP contribution in [-0.4, -0.2) is 30.0 Å². The fourth-order valence-electron chi connectivity index (χ4n) is 4.36. The van der Waals surface area contributed by atoms with Crippen molar-refractivity contribution >= 4 is 28.5 Å². The van der Waals surface area contributed by atoms with E-state index in [9.17, 15) is 9.59 Å². The van der Waals surface area contributed by atoms with Crippen molar-refractivity contribution in [3.05, 3.63) is 98.1 Å². The van der Waals surface area contributed by atoms with E-state index in [0.717, 1.165) is 11.1 Å². The Balaban J connectivity index is 1.75. The molecule has 0 saturated heterocycles. The number of hydrogen-bond donors (Lipinski definition) is 0. The number of aromatic nitrogens is 1. The molecule has 3 heterocycles. The molecule has 0 fully saturated rings. The van der Waals surface area contributed by atoms with Crippen molar-refractivity contribution in [2.75, 3.05) is 14.2 Å². The summed E-state index contributed by atoms with van der Waals surface area (Å²) in [6, 6.07) is 11.6. The van der Waals surface area contributed by atoms with Crippen molar-refractivity contribution < 1.29 is 18.7 Å². The average Bonchev–Trinajstić information content (AvgIpc) is 3.12. The molecule has 2 aromatic carbocycles. The summed E-state index contributed by atoms with van der Waals surface area (Å²) in [6.07, 6.45) is 3.36. The number of pyridine rings is 1. The van der Waals surface area contributed by atoms with E-state index in [1.165, 1.54) is 7.11 Å². The molecule has 172 valence electrons. The van der Waals surface area contributed by atoms with E-state index in [1.54, 1.807) is 54.7 Å². The molecule has 0 saturated carbocycles. The summed E-state index contributed by atoms with van der Waals surface area (Å²) in [7, 11) is 3.09. The summed E-state index contributed by atoms with van der Waals surface area (Å²) >= 11 is 6.31. The predicted molar refractivity (Wildman–Crippen MR) is 128 cm³/mol. The predicted octanol–water partition coefficient (Wildman–Crippen LogP) is 4.91. The lowest BCUT2D eigenvalue weighted by Crippen LogP contribution is -2.29. The molecule has 0 radical (unpaired) electrons. The molecular formula is C26H21ClN2O5. The maximum atomic E-state index is 13.7. The van der Waals surface area contributed by atoms with Crippen LogP contribution in [0.5, 0.6) is 11.5 Å². The minimum Gasteiger partial charge on any atom is -0.493 e. The Bertz CT molecular complexity index is 1480. The molecule has 1 aliphatic rings. The van der Waals surface area contributed by atoms with Gasteiger partial charge in [0.15, 0.2) is 16.9 Å². The molecule has 1 atom stereocenters. The summed E-state index contributed by atoms with van der Waals surface area (Å²) in [5.41, 5.74) is 2.58. The molecule has 0 spiro atoms. The number of nitrogens with zero attached hydrogens (tertiary/aromatic N) is 2. The van der Waals surface area contributed by atoms with Gasteiger partial charge in [-0.2, -0.15) is 0 Å². The van der Waals surface area contributed by atoms with Crippen molar-refractivity contribution in [2.45, 2.75) is 19.5 Å². The number of methoxy groups -OCH3 is 2. The molecule has 0 N–H and O–H groups in total. The summed E-state index contributed by atoms with van der Waals surface area (Å²) < 4.78 is 16.9. The lowest BCUT2D eigenvalue weighted by Gasteiger charge is -2.25. The number of carbonyl (C=O) groups excluding carboxylic acids is 1. The number of amides is 1. The zero-order valence-corrected chi connectivity index (χ0v) is 19.6. The van der Waals surface area contributed by atoms with E-state index in [-0.39, 0.29) is 29.2 Å². The van der Waals surface area contributed by atoms with Gasteiger partial charge in [0.2, 0.25) is 5.76 Å². The molecule has 7 nitrogen and oxygen atoms in total. The van der Waals surface area contributed by atoms with Crippen molar-refractivity contribution in [3.8, 4) is 11.5 Å². The van der Waals surface area contributed by atoms with E-state index >= 15 is 0 Å². The third kappa shape index (κ3) is 3.49. The smallest absolute Gasteiger partial charge is 0.291 e. The van der Waals surface area contributed by atoms with Crippen LogP contribution in [0.4, 0.5) is 0 Å². The fraction of sp³-hybridized carbons (Fsp3) is 0.192. The molecule has 8 heteroatoms. The normalized spacial score (nSPS) is 15.0. The van der Waals surface area contributed by atoms with E-state index in [2.05, 4.69) is 4.98 Å². The van der Waals surface area contributed by atoms with Crippen LogP contribution in [0.2, 0.25) is 5.02 Å². The van der Waals surface area contributed by atoms with Crippen molar-refractivity contribution in [3.63, 3.8) is 0 Å². The maximum absolute atomic E-state index is 13.7. The van der Waals surface area contributed by atoms with Crippen LogP contribution in [0.1, 0.15) is 38.9 Å². The molecular weight excluding hydrogens is 456 g/mol. The van der Waals surface area contributed by atoms with Gasteiger partial charge in [0.25, 0.3) is 5.91 Å². The minimum atomic E-state index is -0.691.